The molecule has 1 heterocycles. The van der Waals surface area contributed by atoms with Gasteiger partial charge in [0, 0.05) is 15.8 Å². The van der Waals surface area contributed by atoms with E-state index in [1.54, 1.807) is 12.1 Å². The zero-order chi connectivity index (χ0) is 14.7. The number of thioether (sulfide) groups is 1. The maximum absolute atomic E-state index is 6.11. The lowest BCUT2D eigenvalue weighted by Crippen LogP contribution is -2.16. The topological polar surface area (TPSA) is 64.9 Å². The van der Waals surface area contributed by atoms with E-state index in [0.717, 1.165) is 5.56 Å². The molecule has 116 valence electrons. The standard InChI is InChI=1S/C13H15Cl2N3OS.ClH/c1-7(2)11(16)12-17-18-13(19-12)20-6-8-9(14)4-3-5-10(8)15;/h3-5,7,11H,6,16H2,1-2H3;1H/t11-;/m1./s1. The molecule has 0 saturated carbocycles. The van der Waals surface area contributed by atoms with E-state index in [0.29, 0.717) is 26.9 Å². The first-order valence-corrected chi connectivity index (χ1v) is 7.88. The first-order valence-electron chi connectivity index (χ1n) is 6.13. The van der Waals surface area contributed by atoms with Crippen molar-refractivity contribution in [2.75, 3.05) is 0 Å². The summed E-state index contributed by atoms with van der Waals surface area (Å²) in [4.78, 5) is 0. The Kier molecular flexibility index (Phi) is 7.30. The van der Waals surface area contributed by atoms with Gasteiger partial charge in [0.05, 0.1) is 6.04 Å². The lowest BCUT2D eigenvalue weighted by atomic mass is 10.1. The molecule has 2 rings (SSSR count). The Bertz CT molecular complexity index is 572. The summed E-state index contributed by atoms with van der Waals surface area (Å²) in [6.07, 6.45) is 0. The van der Waals surface area contributed by atoms with Gasteiger partial charge in [0.15, 0.2) is 0 Å². The van der Waals surface area contributed by atoms with Gasteiger partial charge in [0.25, 0.3) is 5.22 Å². The molecule has 1 aromatic carbocycles. The summed E-state index contributed by atoms with van der Waals surface area (Å²) >= 11 is 13.6. The summed E-state index contributed by atoms with van der Waals surface area (Å²) in [5.41, 5.74) is 6.81. The molecule has 4 nitrogen and oxygen atoms in total. The highest BCUT2D eigenvalue weighted by Gasteiger charge is 2.18. The summed E-state index contributed by atoms with van der Waals surface area (Å²) in [7, 11) is 0. The Morgan fingerprint density at radius 1 is 1.24 bits per heavy atom. The molecule has 21 heavy (non-hydrogen) atoms. The van der Waals surface area contributed by atoms with Gasteiger partial charge in [-0.2, -0.15) is 0 Å². The van der Waals surface area contributed by atoms with Crippen molar-refractivity contribution in [3.05, 3.63) is 39.7 Å². The van der Waals surface area contributed by atoms with E-state index in [1.807, 2.05) is 19.9 Å². The van der Waals surface area contributed by atoms with Crippen LogP contribution in [0.3, 0.4) is 0 Å². The van der Waals surface area contributed by atoms with Gasteiger partial charge in [-0.3, -0.25) is 0 Å². The average Bonchev–Trinajstić information content (AvgIpc) is 2.86. The fraction of sp³-hybridized carbons (Fsp3) is 0.385. The Morgan fingerprint density at radius 3 is 2.43 bits per heavy atom. The Balaban J connectivity index is 0.00000220. The van der Waals surface area contributed by atoms with Gasteiger partial charge in [-0.15, -0.1) is 22.6 Å². The average molecular weight is 369 g/mol. The van der Waals surface area contributed by atoms with Crippen molar-refractivity contribution in [2.24, 2.45) is 11.7 Å². The molecule has 0 unspecified atom stereocenters. The van der Waals surface area contributed by atoms with Crippen molar-refractivity contribution in [1.29, 1.82) is 0 Å². The Morgan fingerprint density at radius 2 is 1.86 bits per heavy atom. The highest BCUT2D eigenvalue weighted by Crippen LogP contribution is 2.31. The van der Waals surface area contributed by atoms with Crippen LogP contribution in [0.5, 0.6) is 0 Å². The summed E-state index contributed by atoms with van der Waals surface area (Å²) in [5, 5.41) is 9.66. The van der Waals surface area contributed by atoms with Crippen molar-refractivity contribution in [3.8, 4) is 0 Å². The van der Waals surface area contributed by atoms with E-state index in [2.05, 4.69) is 10.2 Å². The van der Waals surface area contributed by atoms with Gasteiger partial charge in [0.1, 0.15) is 0 Å². The monoisotopic (exact) mass is 367 g/mol. The van der Waals surface area contributed by atoms with Crippen molar-refractivity contribution in [3.63, 3.8) is 0 Å². The number of rotatable bonds is 5. The molecule has 0 aliphatic carbocycles. The number of hydrogen-bond acceptors (Lipinski definition) is 5. The van der Waals surface area contributed by atoms with Crippen LogP contribution < -0.4 is 5.73 Å². The normalized spacial score (nSPS) is 12.3. The summed E-state index contributed by atoms with van der Waals surface area (Å²) < 4.78 is 5.54. The van der Waals surface area contributed by atoms with Crippen LogP contribution >= 0.6 is 47.4 Å². The molecule has 8 heteroatoms. The van der Waals surface area contributed by atoms with Crippen molar-refractivity contribution in [1.82, 2.24) is 10.2 Å². The van der Waals surface area contributed by atoms with Gasteiger partial charge in [-0.05, 0) is 23.6 Å². The molecule has 1 aromatic heterocycles. The van der Waals surface area contributed by atoms with Crippen LogP contribution in [-0.4, -0.2) is 10.2 Å². The minimum Gasteiger partial charge on any atom is -0.414 e. The zero-order valence-corrected chi connectivity index (χ0v) is 14.7. The number of benzene rings is 1. The maximum Gasteiger partial charge on any atom is 0.276 e. The van der Waals surface area contributed by atoms with Crippen LogP contribution in [0.4, 0.5) is 0 Å². The third-order valence-corrected chi connectivity index (χ3v) is 4.38. The molecule has 0 amide bonds. The van der Waals surface area contributed by atoms with Crippen LogP contribution in [-0.2, 0) is 5.75 Å². The predicted molar refractivity (Wildman–Crippen MR) is 89.3 cm³/mol. The number of nitrogens with zero attached hydrogens (tertiary/aromatic N) is 2. The fourth-order valence-corrected chi connectivity index (χ4v) is 3.01. The molecule has 1 atom stereocenters. The second-order valence-corrected chi connectivity index (χ2v) is 6.41. The molecule has 0 aliphatic heterocycles. The first kappa shape index (κ1) is 18.6. The van der Waals surface area contributed by atoms with Crippen LogP contribution in [0.15, 0.2) is 27.8 Å². The van der Waals surface area contributed by atoms with E-state index in [9.17, 15) is 0 Å². The highest BCUT2D eigenvalue weighted by molar-refractivity contribution is 7.98. The lowest BCUT2D eigenvalue weighted by molar-refractivity contribution is 0.349. The van der Waals surface area contributed by atoms with Gasteiger partial charge in [-0.25, -0.2) is 0 Å². The minimum atomic E-state index is -0.249. The van der Waals surface area contributed by atoms with E-state index in [1.165, 1.54) is 11.8 Å². The van der Waals surface area contributed by atoms with E-state index >= 15 is 0 Å². The molecule has 2 aromatic rings. The maximum atomic E-state index is 6.11. The SMILES string of the molecule is CC(C)[C@@H](N)c1nnc(SCc2c(Cl)cccc2Cl)o1.Cl. The molecule has 0 saturated heterocycles. The summed E-state index contributed by atoms with van der Waals surface area (Å²) in [6, 6.07) is 5.17. The van der Waals surface area contributed by atoms with E-state index in [-0.39, 0.29) is 24.4 Å². The number of aromatic nitrogens is 2. The smallest absolute Gasteiger partial charge is 0.276 e. The number of hydrogen-bond donors (Lipinski definition) is 1. The fourth-order valence-electron chi connectivity index (χ4n) is 1.50. The van der Waals surface area contributed by atoms with E-state index < -0.39 is 0 Å². The van der Waals surface area contributed by atoms with Crippen LogP contribution in [0, 0.1) is 5.92 Å². The van der Waals surface area contributed by atoms with Crippen molar-refractivity contribution < 1.29 is 4.42 Å². The van der Waals surface area contributed by atoms with Crippen LogP contribution in [0.2, 0.25) is 10.0 Å². The predicted octanol–water partition coefficient (Wildman–Crippen LogP) is 4.75. The molecular weight excluding hydrogens is 353 g/mol. The van der Waals surface area contributed by atoms with Gasteiger partial charge >= 0.3 is 0 Å². The summed E-state index contributed by atoms with van der Waals surface area (Å²) in [6.45, 7) is 4.01. The lowest BCUT2D eigenvalue weighted by Gasteiger charge is -2.09. The molecular formula is C13H16Cl3N3OS. The number of halogens is 3. The van der Waals surface area contributed by atoms with Crippen molar-refractivity contribution >= 4 is 47.4 Å². The van der Waals surface area contributed by atoms with Crippen LogP contribution in [0.1, 0.15) is 31.3 Å². The third kappa shape index (κ3) is 4.76. The highest BCUT2D eigenvalue weighted by atomic mass is 35.5. The quantitative estimate of drug-likeness (QED) is 0.772. The third-order valence-electron chi connectivity index (χ3n) is 2.83. The largest absolute Gasteiger partial charge is 0.414 e. The Labute approximate surface area is 144 Å². The molecule has 0 bridgehead atoms. The minimum absolute atomic E-state index is 0. The molecule has 0 radical (unpaired) electrons. The molecule has 0 spiro atoms. The first-order chi connectivity index (χ1) is 9.49. The molecule has 0 fully saturated rings. The summed E-state index contributed by atoms with van der Waals surface area (Å²) in [5.74, 6) is 1.26. The van der Waals surface area contributed by atoms with Gasteiger partial charge in [-0.1, -0.05) is 54.9 Å². The van der Waals surface area contributed by atoms with Gasteiger partial charge < -0.3 is 10.2 Å². The van der Waals surface area contributed by atoms with E-state index in [4.69, 9.17) is 33.4 Å². The van der Waals surface area contributed by atoms with Crippen LogP contribution in [0.25, 0.3) is 0 Å². The Hall–Kier alpha value is -0.460. The second kappa shape index (κ2) is 8.25. The number of nitrogens with two attached hydrogens (primary N) is 1. The molecule has 0 aliphatic rings. The molecule has 2 N–H and O–H groups in total. The zero-order valence-electron chi connectivity index (χ0n) is 11.5. The second-order valence-electron chi connectivity index (χ2n) is 4.66. The van der Waals surface area contributed by atoms with Gasteiger partial charge in [0.2, 0.25) is 5.89 Å². The van der Waals surface area contributed by atoms with Crippen molar-refractivity contribution in [2.45, 2.75) is 30.9 Å².